The van der Waals surface area contributed by atoms with E-state index >= 15 is 0 Å². The van der Waals surface area contributed by atoms with E-state index in [-0.39, 0.29) is 12.1 Å². The van der Waals surface area contributed by atoms with Gasteiger partial charge in [-0.1, -0.05) is 0 Å². The maximum Gasteiger partial charge on any atom is 0.377 e. The van der Waals surface area contributed by atoms with Gasteiger partial charge in [-0.25, -0.2) is 4.79 Å². The molecule has 1 N–H and O–H groups in total. The first-order chi connectivity index (χ1) is 7.27. The van der Waals surface area contributed by atoms with Crippen molar-refractivity contribution in [1.29, 1.82) is 0 Å². The van der Waals surface area contributed by atoms with Crippen LogP contribution >= 0.6 is 0 Å². The first-order valence-corrected chi connectivity index (χ1v) is 5.11. The summed E-state index contributed by atoms with van der Waals surface area (Å²) in [4.78, 5) is 10.7. The molecule has 1 heterocycles. The van der Waals surface area contributed by atoms with Crippen molar-refractivity contribution >= 4 is 5.97 Å². The molecule has 0 spiro atoms. The van der Waals surface area contributed by atoms with Gasteiger partial charge in [-0.05, 0) is 13.8 Å². The molecule has 0 aromatic heterocycles. The minimum atomic E-state index is -3.33. The Kier molecular flexibility index (Phi) is 3.85. The molecule has 1 aliphatic rings. The Balaban J connectivity index is 2.29. The fraction of sp³-hybridized carbons (Fsp3) is 0.900. The third-order valence-electron chi connectivity index (χ3n) is 2.53. The summed E-state index contributed by atoms with van der Waals surface area (Å²) in [7, 11) is 1.57. The number of methoxy groups -OCH3 is 1. The Morgan fingerprint density at radius 3 is 2.69 bits per heavy atom. The van der Waals surface area contributed by atoms with Crippen molar-refractivity contribution in [1.82, 2.24) is 5.32 Å². The second-order valence-corrected chi connectivity index (χ2v) is 4.53. The number of rotatable bonds is 5. The van der Waals surface area contributed by atoms with Crippen molar-refractivity contribution in [2.45, 2.75) is 37.9 Å². The van der Waals surface area contributed by atoms with E-state index in [1.807, 2.05) is 13.8 Å². The summed E-state index contributed by atoms with van der Waals surface area (Å²) in [5.74, 6) is -4.76. The molecule has 1 unspecified atom stereocenters. The summed E-state index contributed by atoms with van der Waals surface area (Å²) in [6.07, 6.45) is -1.30. The summed E-state index contributed by atoms with van der Waals surface area (Å²) in [6, 6.07) is 0. The molecule has 1 fully saturated rings. The zero-order valence-corrected chi connectivity index (χ0v) is 9.68. The van der Waals surface area contributed by atoms with Crippen molar-refractivity contribution in [3.63, 3.8) is 0 Å². The number of hydrogen-bond donors (Lipinski definition) is 1. The average molecular weight is 237 g/mol. The molecule has 0 aliphatic carbocycles. The van der Waals surface area contributed by atoms with E-state index in [2.05, 4.69) is 10.1 Å². The highest BCUT2D eigenvalue weighted by Gasteiger charge is 2.50. The Bertz CT molecular complexity index is 269. The van der Waals surface area contributed by atoms with Crippen LogP contribution in [-0.2, 0) is 14.3 Å². The smallest absolute Gasteiger partial charge is 0.377 e. The van der Waals surface area contributed by atoms with Gasteiger partial charge in [0.1, 0.15) is 6.10 Å². The van der Waals surface area contributed by atoms with Crippen LogP contribution in [0, 0.1) is 0 Å². The monoisotopic (exact) mass is 237 g/mol. The van der Waals surface area contributed by atoms with E-state index in [1.54, 1.807) is 7.11 Å². The lowest BCUT2D eigenvalue weighted by Gasteiger charge is -2.23. The van der Waals surface area contributed by atoms with Crippen LogP contribution in [0.25, 0.3) is 0 Å². The van der Waals surface area contributed by atoms with E-state index in [0.29, 0.717) is 6.54 Å². The average Bonchev–Trinajstić information content (AvgIpc) is 2.40. The molecule has 0 bridgehead atoms. The Morgan fingerprint density at radius 1 is 1.62 bits per heavy atom. The maximum absolute atomic E-state index is 12.8. The van der Waals surface area contributed by atoms with Crippen LogP contribution in [0.3, 0.4) is 0 Å². The molecule has 0 saturated carbocycles. The second-order valence-electron chi connectivity index (χ2n) is 4.53. The molecular formula is C10H17F2NO3. The Morgan fingerprint density at radius 2 is 2.25 bits per heavy atom. The van der Waals surface area contributed by atoms with E-state index < -0.39 is 24.4 Å². The first kappa shape index (κ1) is 13.3. The Labute approximate surface area is 93.3 Å². The van der Waals surface area contributed by atoms with Gasteiger partial charge in [0, 0.05) is 20.2 Å². The molecule has 1 atom stereocenters. The van der Waals surface area contributed by atoms with Crippen LogP contribution in [0.1, 0.15) is 20.3 Å². The zero-order chi connectivity index (χ0) is 12.4. The molecule has 0 radical (unpaired) electrons. The molecule has 4 nitrogen and oxygen atoms in total. The molecule has 94 valence electrons. The number of esters is 1. The summed E-state index contributed by atoms with van der Waals surface area (Å²) < 4.78 is 35.3. The quantitative estimate of drug-likeness (QED) is 0.723. The van der Waals surface area contributed by atoms with Gasteiger partial charge in [0.15, 0.2) is 0 Å². The molecule has 1 rings (SSSR count). The zero-order valence-electron chi connectivity index (χ0n) is 9.68. The SMILES string of the molecule is COC(C)(C)CNCC1CC(F)(F)C(=O)O1. The third-order valence-corrected chi connectivity index (χ3v) is 2.53. The lowest BCUT2D eigenvalue weighted by Crippen LogP contribution is -2.40. The number of cyclic esters (lactones) is 1. The molecule has 0 amide bonds. The molecule has 1 aliphatic heterocycles. The van der Waals surface area contributed by atoms with Gasteiger partial charge in [-0.2, -0.15) is 8.78 Å². The number of ether oxygens (including phenoxy) is 2. The lowest BCUT2D eigenvalue weighted by molar-refractivity contribution is -0.159. The van der Waals surface area contributed by atoms with Crippen molar-refractivity contribution in [2.24, 2.45) is 0 Å². The van der Waals surface area contributed by atoms with Gasteiger partial charge in [-0.3, -0.25) is 0 Å². The van der Waals surface area contributed by atoms with Crippen molar-refractivity contribution < 1.29 is 23.0 Å². The summed E-state index contributed by atoms with van der Waals surface area (Å²) in [5, 5.41) is 2.94. The first-order valence-electron chi connectivity index (χ1n) is 5.11. The fourth-order valence-corrected chi connectivity index (χ4v) is 1.37. The van der Waals surface area contributed by atoms with Gasteiger partial charge in [0.25, 0.3) is 0 Å². The lowest BCUT2D eigenvalue weighted by atomic mass is 10.1. The van der Waals surface area contributed by atoms with Crippen LogP contribution in [-0.4, -0.2) is 43.8 Å². The number of halogens is 2. The summed E-state index contributed by atoms with van der Waals surface area (Å²) >= 11 is 0. The molecular weight excluding hydrogens is 220 g/mol. The van der Waals surface area contributed by atoms with Crippen molar-refractivity contribution in [3.05, 3.63) is 0 Å². The number of carbonyl (C=O) groups is 1. The van der Waals surface area contributed by atoms with E-state index in [0.717, 1.165) is 0 Å². The van der Waals surface area contributed by atoms with E-state index in [9.17, 15) is 13.6 Å². The number of hydrogen-bond acceptors (Lipinski definition) is 4. The van der Waals surface area contributed by atoms with E-state index in [1.165, 1.54) is 0 Å². The molecule has 1 saturated heterocycles. The largest absolute Gasteiger partial charge is 0.456 e. The maximum atomic E-state index is 12.8. The molecule has 16 heavy (non-hydrogen) atoms. The third kappa shape index (κ3) is 3.38. The predicted molar refractivity (Wildman–Crippen MR) is 53.4 cm³/mol. The highest BCUT2D eigenvalue weighted by Crippen LogP contribution is 2.30. The van der Waals surface area contributed by atoms with Gasteiger partial charge >= 0.3 is 11.9 Å². The van der Waals surface area contributed by atoms with Crippen LogP contribution in [0.2, 0.25) is 0 Å². The van der Waals surface area contributed by atoms with Crippen molar-refractivity contribution in [3.8, 4) is 0 Å². The van der Waals surface area contributed by atoms with Crippen LogP contribution < -0.4 is 5.32 Å². The van der Waals surface area contributed by atoms with Gasteiger partial charge in [-0.15, -0.1) is 0 Å². The molecule has 0 aromatic rings. The number of nitrogens with one attached hydrogen (secondary N) is 1. The van der Waals surface area contributed by atoms with Gasteiger partial charge in [0.05, 0.1) is 12.0 Å². The Hall–Kier alpha value is -0.750. The standard InChI is InChI=1S/C10H17F2NO3/c1-9(2,15-3)6-13-5-7-4-10(11,12)8(14)16-7/h7,13H,4-6H2,1-3H3. The predicted octanol–water partition coefficient (Wildman–Crippen LogP) is 0.952. The van der Waals surface area contributed by atoms with Crippen LogP contribution in [0.4, 0.5) is 8.78 Å². The highest BCUT2D eigenvalue weighted by molar-refractivity contribution is 5.79. The molecule has 6 heteroatoms. The second kappa shape index (κ2) is 4.63. The minimum absolute atomic E-state index is 0.216. The van der Waals surface area contributed by atoms with Crippen LogP contribution in [0.5, 0.6) is 0 Å². The number of carbonyl (C=O) groups excluding carboxylic acids is 1. The van der Waals surface area contributed by atoms with Crippen molar-refractivity contribution in [2.75, 3.05) is 20.2 Å². The summed E-state index contributed by atoms with van der Waals surface area (Å²) in [5.41, 5.74) is -0.370. The number of alkyl halides is 2. The normalized spacial score (nSPS) is 24.6. The minimum Gasteiger partial charge on any atom is -0.456 e. The fourth-order valence-electron chi connectivity index (χ4n) is 1.37. The topological polar surface area (TPSA) is 47.6 Å². The van der Waals surface area contributed by atoms with Gasteiger partial charge < -0.3 is 14.8 Å². The van der Waals surface area contributed by atoms with Gasteiger partial charge in [0.2, 0.25) is 0 Å². The molecule has 0 aromatic carbocycles. The summed E-state index contributed by atoms with van der Waals surface area (Å²) in [6.45, 7) is 4.46. The van der Waals surface area contributed by atoms with E-state index in [4.69, 9.17) is 4.74 Å². The van der Waals surface area contributed by atoms with Crippen LogP contribution in [0.15, 0.2) is 0 Å². The highest BCUT2D eigenvalue weighted by atomic mass is 19.3.